The van der Waals surface area contributed by atoms with Crippen LogP contribution in [0.3, 0.4) is 0 Å². The van der Waals surface area contributed by atoms with Crippen LogP contribution in [0.25, 0.3) is 0 Å². The summed E-state index contributed by atoms with van der Waals surface area (Å²) in [7, 11) is 0. The fourth-order valence-corrected chi connectivity index (χ4v) is 0.783. The van der Waals surface area contributed by atoms with Crippen LogP contribution in [-0.2, 0) is 6.54 Å². The van der Waals surface area contributed by atoms with Gasteiger partial charge >= 0.3 is 0 Å². The molecule has 0 aliphatic carbocycles. The molecule has 3 nitrogen and oxygen atoms in total. The van der Waals surface area contributed by atoms with Gasteiger partial charge in [-0.1, -0.05) is 0 Å². The second-order valence-electron chi connectivity index (χ2n) is 2.23. The Hall–Kier alpha value is -1.64. The molecule has 1 aromatic rings. The molecule has 0 aliphatic heterocycles. The average molecular weight is 161 g/mol. The molecule has 1 N–H and O–H groups in total. The van der Waals surface area contributed by atoms with E-state index in [-0.39, 0.29) is 0 Å². The minimum atomic E-state index is 0.786. The van der Waals surface area contributed by atoms with E-state index in [1.54, 1.807) is 24.8 Å². The van der Waals surface area contributed by atoms with Crippen LogP contribution in [0.5, 0.6) is 0 Å². The zero-order valence-electron chi connectivity index (χ0n) is 6.77. The van der Waals surface area contributed by atoms with Gasteiger partial charge in [-0.05, 0) is 24.4 Å². The summed E-state index contributed by atoms with van der Waals surface area (Å²) in [4.78, 5) is 7.48. The first kappa shape index (κ1) is 8.46. The lowest BCUT2D eigenvalue weighted by Crippen LogP contribution is -2.03. The summed E-state index contributed by atoms with van der Waals surface area (Å²) < 4.78 is 0. The number of rotatable bonds is 4. The maximum atomic E-state index is 3.92. The van der Waals surface area contributed by atoms with Crippen molar-refractivity contribution in [2.24, 2.45) is 4.99 Å². The normalized spacial score (nSPS) is 10.0. The van der Waals surface area contributed by atoms with E-state index in [1.165, 1.54) is 5.56 Å². The zero-order valence-corrected chi connectivity index (χ0v) is 6.77. The topological polar surface area (TPSA) is 37.3 Å². The molecule has 0 spiro atoms. The van der Waals surface area contributed by atoms with Crippen molar-refractivity contribution in [1.82, 2.24) is 10.3 Å². The highest BCUT2D eigenvalue weighted by atomic mass is 14.8. The SMILES string of the molecule is C=N/C=C\NCc1ccncc1. The zero-order chi connectivity index (χ0) is 8.65. The number of nitrogens with one attached hydrogen (secondary N) is 1. The predicted molar refractivity (Wildman–Crippen MR) is 49.8 cm³/mol. The Balaban J connectivity index is 2.33. The fourth-order valence-electron chi connectivity index (χ4n) is 0.783. The van der Waals surface area contributed by atoms with Crippen LogP contribution < -0.4 is 5.32 Å². The van der Waals surface area contributed by atoms with Gasteiger partial charge < -0.3 is 5.32 Å². The van der Waals surface area contributed by atoms with Gasteiger partial charge in [-0.25, -0.2) is 0 Å². The Kier molecular flexibility index (Phi) is 3.57. The molecule has 3 heteroatoms. The third-order valence-electron chi connectivity index (χ3n) is 1.35. The summed E-state index contributed by atoms with van der Waals surface area (Å²) in [6, 6.07) is 3.92. The lowest BCUT2D eigenvalue weighted by Gasteiger charge is -1.98. The summed E-state index contributed by atoms with van der Waals surface area (Å²) >= 11 is 0. The molecule has 0 amide bonds. The number of aromatic nitrogens is 1. The van der Waals surface area contributed by atoms with E-state index in [0.29, 0.717) is 0 Å². The molecular formula is C9H11N3. The van der Waals surface area contributed by atoms with Crippen LogP contribution in [0.2, 0.25) is 0 Å². The Morgan fingerprint density at radius 2 is 2.25 bits per heavy atom. The van der Waals surface area contributed by atoms with Gasteiger partial charge in [-0.3, -0.25) is 9.98 Å². The molecule has 0 bridgehead atoms. The fraction of sp³-hybridized carbons (Fsp3) is 0.111. The van der Waals surface area contributed by atoms with Gasteiger partial charge in [-0.2, -0.15) is 0 Å². The maximum Gasteiger partial charge on any atom is 0.0417 e. The summed E-state index contributed by atoms with van der Waals surface area (Å²) in [6.45, 7) is 4.10. The number of hydrogen-bond acceptors (Lipinski definition) is 3. The molecule has 0 unspecified atom stereocenters. The molecule has 0 saturated carbocycles. The van der Waals surface area contributed by atoms with Crippen molar-refractivity contribution in [3.05, 3.63) is 42.5 Å². The summed E-state index contributed by atoms with van der Waals surface area (Å²) in [5, 5.41) is 3.06. The third-order valence-corrected chi connectivity index (χ3v) is 1.35. The Bertz CT molecular complexity index is 254. The van der Waals surface area contributed by atoms with Gasteiger partial charge in [0.05, 0.1) is 0 Å². The van der Waals surface area contributed by atoms with Gasteiger partial charge in [0, 0.05) is 31.3 Å². The Morgan fingerprint density at radius 1 is 1.50 bits per heavy atom. The monoisotopic (exact) mass is 161 g/mol. The second-order valence-corrected chi connectivity index (χ2v) is 2.23. The lowest BCUT2D eigenvalue weighted by molar-refractivity contribution is 0.865. The minimum Gasteiger partial charge on any atom is -0.386 e. The molecular weight excluding hydrogens is 150 g/mol. The van der Waals surface area contributed by atoms with Gasteiger partial charge in [-0.15, -0.1) is 0 Å². The summed E-state index contributed by atoms with van der Waals surface area (Å²) in [5.41, 5.74) is 1.19. The van der Waals surface area contributed by atoms with E-state index in [2.05, 4.69) is 22.0 Å². The lowest BCUT2D eigenvalue weighted by atomic mass is 10.3. The first-order valence-electron chi connectivity index (χ1n) is 3.66. The summed E-state index contributed by atoms with van der Waals surface area (Å²) in [6.07, 6.45) is 6.91. The van der Waals surface area contributed by atoms with Crippen molar-refractivity contribution in [2.75, 3.05) is 0 Å². The minimum absolute atomic E-state index is 0.786. The molecule has 12 heavy (non-hydrogen) atoms. The smallest absolute Gasteiger partial charge is 0.0417 e. The molecule has 1 rings (SSSR count). The van der Waals surface area contributed by atoms with Crippen LogP contribution in [0, 0.1) is 0 Å². The van der Waals surface area contributed by atoms with Gasteiger partial charge in [0.15, 0.2) is 0 Å². The highest BCUT2D eigenvalue weighted by Crippen LogP contribution is 1.94. The molecule has 0 atom stereocenters. The van der Waals surface area contributed by atoms with E-state index in [4.69, 9.17) is 0 Å². The predicted octanol–water partition coefficient (Wildman–Crippen LogP) is 1.34. The molecule has 0 aromatic carbocycles. The van der Waals surface area contributed by atoms with Gasteiger partial charge in [0.2, 0.25) is 0 Å². The molecule has 0 fully saturated rings. The van der Waals surface area contributed by atoms with E-state index < -0.39 is 0 Å². The van der Waals surface area contributed by atoms with Crippen molar-refractivity contribution < 1.29 is 0 Å². The first-order chi connectivity index (χ1) is 5.93. The Labute approximate surface area is 71.9 Å². The molecule has 0 radical (unpaired) electrons. The van der Waals surface area contributed by atoms with E-state index in [0.717, 1.165) is 6.54 Å². The largest absolute Gasteiger partial charge is 0.386 e. The number of nitrogens with zero attached hydrogens (tertiary/aromatic N) is 2. The maximum absolute atomic E-state index is 3.92. The standard InChI is InChI=1S/C9H11N3/c1-10-6-7-12-8-9-2-4-11-5-3-9/h2-7,12H,1,8H2/b7-6-. The van der Waals surface area contributed by atoms with E-state index in [9.17, 15) is 0 Å². The van der Waals surface area contributed by atoms with Crippen molar-refractivity contribution in [3.8, 4) is 0 Å². The van der Waals surface area contributed by atoms with Crippen molar-refractivity contribution in [3.63, 3.8) is 0 Å². The molecule has 1 aromatic heterocycles. The second kappa shape index (κ2) is 5.07. The molecule has 0 aliphatic rings. The third kappa shape index (κ3) is 2.96. The van der Waals surface area contributed by atoms with Crippen LogP contribution >= 0.6 is 0 Å². The van der Waals surface area contributed by atoms with Crippen molar-refractivity contribution in [2.45, 2.75) is 6.54 Å². The van der Waals surface area contributed by atoms with Crippen LogP contribution in [-0.4, -0.2) is 11.7 Å². The highest BCUT2D eigenvalue weighted by Gasteiger charge is 1.85. The van der Waals surface area contributed by atoms with Gasteiger partial charge in [0.1, 0.15) is 0 Å². The molecule has 62 valence electrons. The van der Waals surface area contributed by atoms with E-state index in [1.807, 2.05) is 12.1 Å². The Morgan fingerprint density at radius 3 is 2.92 bits per heavy atom. The van der Waals surface area contributed by atoms with Gasteiger partial charge in [0.25, 0.3) is 0 Å². The summed E-state index contributed by atoms with van der Waals surface area (Å²) in [5.74, 6) is 0. The molecule has 1 heterocycles. The van der Waals surface area contributed by atoms with Crippen molar-refractivity contribution >= 4 is 6.72 Å². The van der Waals surface area contributed by atoms with Crippen LogP contribution in [0.15, 0.2) is 41.9 Å². The number of pyridine rings is 1. The van der Waals surface area contributed by atoms with Crippen LogP contribution in [0.1, 0.15) is 5.56 Å². The quantitative estimate of drug-likeness (QED) is 0.677. The molecule has 0 saturated heterocycles. The highest BCUT2D eigenvalue weighted by molar-refractivity contribution is 5.25. The average Bonchev–Trinajstić information content (AvgIpc) is 2.14. The first-order valence-corrected chi connectivity index (χ1v) is 3.66. The van der Waals surface area contributed by atoms with Crippen molar-refractivity contribution in [1.29, 1.82) is 0 Å². The van der Waals surface area contributed by atoms with E-state index >= 15 is 0 Å². The number of hydrogen-bond donors (Lipinski definition) is 1. The van der Waals surface area contributed by atoms with Crippen LogP contribution in [0.4, 0.5) is 0 Å². The number of aliphatic imine (C=N–C) groups is 1.